The van der Waals surface area contributed by atoms with Crippen molar-refractivity contribution in [2.75, 3.05) is 11.9 Å². The quantitative estimate of drug-likeness (QED) is 0.684. The highest BCUT2D eigenvalue weighted by molar-refractivity contribution is 5.69. The molecule has 2 N–H and O–H groups in total. The normalized spacial score (nSPS) is 28.4. The number of hydrogen-bond donors (Lipinski definition) is 2. The van der Waals surface area contributed by atoms with Crippen LogP contribution in [0.2, 0.25) is 0 Å². The van der Waals surface area contributed by atoms with Crippen LogP contribution in [0.15, 0.2) is 54.8 Å². The van der Waals surface area contributed by atoms with Crippen molar-refractivity contribution in [2.45, 2.75) is 56.7 Å². The molecular formula is C24H29N5O. The zero-order valence-corrected chi connectivity index (χ0v) is 17.8. The second-order valence-corrected chi connectivity index (χ2v) is 9.42. The Balaban J connectivity index is 1.35. The number of benzene rings is 1. The molecule has 6 heteroatoms. The predicted octanol–water partition coefficient (Wildman–Crippen LogP) is 4.14. The lowest BCUT2D eigenvalue weighted by atomic mass is 9.84. The molecule has 30 heavy (non-hydrogen) atoms. The molecule has 2 saturated heterocycles. The van der Waals surface area contributed by atoms with Crippen LogP contribution in [0.5, 0.6) is 5.75 Å². The number of aromatic nitrogens is 3. The lowest BCUT2D eigenvalue weighted by Gasteiger charge is -2.45. The van der Waals surface area contributed by atoms with Crippen molar-refractivity contribution in [1.82, 2.24) is 20.1 Å². The maximum atomic E-state index is 10.6. The van der Waals surface area contributed by atoms with E-state index >= 15 is 0 Å². The zero-order chi connectivity index (χ0) is 21.8. The minimum atomic E-state index is 0.143. The molecule has 156 valence electrons. The molecule has 2 aliphatic heterocycles. The first-order valence-corrected chi connectivity index (χ1v) is 10.6. The predicted molar refractivity (Wildman–Crippen MR) is 119 cm³/mol. The summed E-state index contributed by atoms with van der Waals surface area (Å²) >= 11 is 0. The summed E-state index contributed by atoms with van der Waals surface area (Å²) < 4.78 is 9.47. The molecule has 0 aliphatic carbocycles. The maximum Gasteiger partial charge on any atom is 0.151 e. The molecule has 5 rings (SSSR count). The van der Waals surface area contributed by atoms with Gasteiger partial charge in [-0.25, -0.2) is 0 Å². The third-order valence-corrected chi connectivity index (χ3v) is 6.86. The highest BCUT2D eigenvalue weighted by Crippen LogP contribution is 2.43. The van der Waals surface area contributed by atoms with E-state index in [1.807, 2.05) is 28.8 Å². The Morgan fingerprint density at radius 3 is 2.50 bits per heavy atom. The smallest absolute Gasteiger partial charge is 0.151 e. The van der Waals surface area contributed by atoms with Gasteiger partial charge in [-0.15, -0.1) is 10.2 Å². The van der Waals surface area contributed by atoms with Crippen molar-refractivity contribution in [3.05, 3.63) is 54.8 Å². The van der Waals surface area contributed by atoms with Gasteiger partial charge in [-0.1, -0.05) is 0 Å². The summed E-state index contributed by atoms with van der Waals surface area (Å²) in [5, 5.41) is 23.3. The highest BCUT2D eigenvalue weighted by atomic mass is 16.3. The molecule has 2 aliphatic rings. The molecule has 0 spiro atoms. The number of phenolic OH excluding ortho intramolecular Hbond substituents is 1. The van der Waals surface area contributed by atoms with Gasteiger partial charge in [0.05, 0.1) is 7.06 Å². The molecule has 3 atom stereocenters. The van der Waals surface area contributed by atoms with Crippen molar-refractivity contribution in [1.29, 1.82) is 0 Å². The zero-order valence-electron chi connectivity index (χ0n) is 18.8. The Morgan fingerprint density at radius 1 is 1.13 bits per heavy atom. The average Bonchev–Trinajstić information content (AvgIpc) is 3.27. The minimum Gasteiger partial charge on any atom is -0.507 e. The topological polar surface area (TPSA) is 66.2 Å². The Bertz CT molecular complexity index is 1100. The van der Waals surface area contributed by atoms with Crippen LogP contribution in [0.25, 0.3) is 16.9 Å². The van der Waals surface area contributed by atoms with E-state index in [0.717, 1.165) is 24.3 Å². The molecule has 4 heterocycles. The summed E-state index contributed by atoms with van der Waals surface area (Å²) in [7, 11) is 2.11. The van der Waals surface area contributed by atoms with Gasteiger partial charge < -0.3 is 19.9 Å². The van der Waals surface area contributed by atoms with Gasteiger partial charge in [0.2, 0.25) is 0 Å². The van der Waals surface area contributed by atoms with Crippen LogP contribution in [0.3, 0.4) is 0 Å². The first kappa shape index (κ1) is 18.0. The molecule has 2 fully saturated rings. The second kappa shape index (κ2) is 6.84. The molecule has 2 bridgehead atoms. The van der Waals surface area contributed by atoms with E-state index in [9.17, 15) is 5.11 Å². The Hall–Kier alpha value is -2.86. The lowest BCUT2D eigenvalue weighted by Crippen LogP contribution is -2.58. The molecule has 0 amide bonds. The summed E-state index contributed by atoms with van der Waals surface area (Å²) in [6.45, 7) is 4.66. The van der Waals surface area contributed by atoms with Crippen LogP contribution in [-0.2, 0) is 0 Å². The van der Waals surface area contributed by atoms with Gasteiger partial charge in [-0.2, -0.15) is 0 Å². The van der Waals surface area contributed by atoms with E-state index in [4.69, 9.17) is 1.37 Å². The van der Waals surface area contributed by atoms with Crippen LogP contribution >= 0.6 is 0 Å². The van der Waals surface area contributed by atoms with Crippen LogP contribution in [-0.4, -0.2) is 44.0 Å². The van der Waals surface area contributed by atoms with Crippen LogP contribution in [0, 0.1) is 0 Å². The number of fused-ring (bicyclic) bond motifs is 2. The number of anilines is 1. The van der Waals surface area contributed by atoms with E-state index in [1.165, 1.54) is 12.8 Å². The summed E-state index contributed by atoms with van der Waals surface area (Å²) in [5.74, 6) is 0.998. The number of phenols is 1. The van der Waals surface area contributed by atoms with Gasteiger partial charge in [0, 0.05) is 53.9 Å². The standard InChI is InChI=1S/C24H29N5O/c1-23-10-11-24(2,27-23)16-18(15-23)28(3)22-9-8-20(25-26-22)19-7-6-17(14-21(19)30)29-12-4-5-13-29/h4-9,12-14,18,27,30H,10-11,15-16H2,1-3H3/t18?,23-,24+/i4D. The second-order valence-electron chi connectivity index (χ2n) is 9.42. The van der Waals surface area contributed by atoms with E-state index < -0.39 is 0 Å². The van der Waals surface area contributed by atoms with Gasteiger partial charge in [0.15, 0.2) is 5.82 Å². The van der Waals surface area contributed by atoms with Crippen molar-refractivity contribution in [3.63, 3.8) is 0 Å². The molecule has 1 aromatic carbocycles. The van der Waals surface area contributed by atoms with Gasteiger partial charge in [-0.3, -0.25) is 0 Å². The summed E-state index contributed by atoms with van der Waals surface area (Å²) in [5.41, 5.74) is 2.48. The van der Waals surface area contributed by atoms with E-state index in [0.29, 0.717) is 23.3 Å². The maximum absolute atomic E-state index is 10.6. The molecule has 1 unspecified atom stereocenters. The Kier molecular flexibility index (Phi) is 4.09. The fourth-order valence-electron chi connectivity index (χ4n) is 5.29. The number of rotatable bonds is 4. The van der Waals surface area contributed by atoms with Crippen molar-refractivity contribution in [2.24, 2.45) is 0 Å². The largest absolute Gasteiger partial charge is 0.507 e. The van der Waals surface area contributed by atoms with Crippen molar-refractivity contribution in [3.8, 4) is 22.7 Å². The lowest BCUT2D eigenvalue weighted by molar-refractivity contribution is 0.207. The third-order valence-electron chi connectivity index (χ3n) is 6.86. The van der Waals surface area contributed by atoms with Crippen molar-refractivity contribution >= 4 is 5.82 Å². The first-order valence-electron chi connectivity index (χ1n) is 11.1. The first-order chi connectivity index (χ1) is 14.7. The van der Waals surface area contributed by atoms with Crippen LogP contribution in [0.4, 0.5) is 5.82 Å². The summed E-state index contributed by atoms with van der Waals surface area (Å²) in [6.07, 6.45) is 8.15. The van der Waals surface area contributed by atoms with Gasteiger partial charge in [0.25, 0.3) is 0 Å². The number of hydrogen-bond acceptors (Lipinski definition) is 5. The van der Waals surface area contributed by atoms with E-state index in [1.54, 1.807) is 24.5 Å². The fraction of sp³-hybridized carbons (Fsp3) is 0.417. The highest BCUT2D eigenvalue weighted by Gasteiger charge is 2.49. The SMILES string of the molecule is [2H]c1ccn(-c2ccc(-c3ccc(N(C)C4C[C@]5(C)CC[C@](C)(C4)N5)nn3)c(O)c2)c1. The Labute approximate surface area is 179 Å². The molecule has 3 aromatic rings. The molecule has 2 aromatic heterocycles. The molecule has 6 nitrogen and oxygen atoms in total. The number of aromatic hydroxyl groups is 1. The fourth-order valence-corrected chi connectivity index (χ4v) is 5.29. The van der Waals surface area contributed by atoms with Gasteiger partial charge in [0.1, 0.15) is 5.75 Å². The Morgan fingerprint density at radius 2 is 1.90 bits per heavy atom. The number of nitrogens with one attached hydrogen (secondary N) is 1. The number of nitrogens with zero attached hydrogens (tertiary/aromatic N) is 4. The monoisotopic (exact) mass is 404 g/mol. The van der Waals surface area contributed by atoms with Crippen molar-refractivity contribution < 1.29 is 6.48 Å². The molecule has 0 radical (unpaired) electrons. The summed E-state index contributed by atoms with van der Waals surface area (Å²) in [4.78, 5) is 2.26. The van der Waals surface area contributed by atoms with Gasteiger partial charge in [-0.05, 0) is 75.9 Å². The number of piperidine rings is 1. The van der Waals surface area contributed by atoms with Crippen LogP contribution in [0.1, 0.15) is 40.9 Å². The summed E-state index contributed by atoms with van der Waals surface area (Å²) in [6, 6.07) is 11.9. The van der Waals surface area contributed by atoms with Crippen LogP contribution < -0.4 is 10.2 Å². The minimum absolute atomic E-state index is 0.143. The van der Waals surface area contributed by atoms with E-state index in [-0.39, 0.29) is 16.8 Å². The van der Waals surface area contributed by atoms with E-state index in [2.05, 4.69) is 41.3 Å². The van der Waals surface area contributed by atoms with Gasteiger partial charge >= 0.3 is 0 Å². The molecule has 0 saturated carbocycles. The molecular weight excluding hydrogens is 374 g/mol. The average molecular weight is 405 g/mol. The third kappa shape index (κ3) is 3.35.